The van der Waals surface area contributed by atoms with Gasteiger partial charge < -0.3 is 0 Å². The summed E-state index contributed by atoms with van der Waals surface area (Å²) in [5.74, 6) is 0. The van der Waals surface area contributed by atoms with Gasteiger partial charge in [0.1, 0.15) is 0 Å². The first-order chi connectivity index (χ1) is 12.1. The Morgan fingerprint density at radius 1 is 0.885 bits per heavy atom. The van der Waals surface area contributed by atoms with Gasteiger partial charge in [0.05, 0.1) is 21.2 Å². The second kappa shape index (κ2) is 6.64. The van der Waals surface area contributed by atoms with Crippen LogP contribution in [0.15, 0.2) is 59.5 Å². The highest BCUT2D eigenvalue weighted by Crippen LogP contribution is 2.36. The highest BCUT2D eigenvalue weighted by Gasteiger charge is 2.31. The molecule has 0 saturated heterocycles. The first-order valence-electron chi connectivity index (χ1n) is 7.16. The number of halogens is 5. The van der Waals surface area contributed by atoms with E-state index in [1.807, 2.05) is 0 Å². The van der Waals surface area contributed by atoms with Gasteiger partial charge in [0.2, 0.25) is 0 Å². The van der Waals surface area contributed by atoms with E-state index in [0.29, 0.717) is 11.5 Å². The van der Waals surface area contributed by atoms with E-state index in [1.54, 1.807) is 18.2 Å². The zero-order valence-corrected chi connectivity index (χ0v) is 15.1. The van der Waals surface area contributed by atoms with Crippen molar-refractivity contribution in [3.63, 3.8) is 0 Å². The summed E-state index contributed by atoms with van der Waals surface area (Å²) in [6.45, 7) is 0. The molecule has 0 aliphatic carbocycles. The Labute approximate surface area is 157 Å². The van der Waals surface area contributed by atoms with E-state index in [2.05, 4.69) is 4.72 Å². The van der Waals surface area contributed by atoms with Gasteiger partial charge >= 0.3 is 6.18 Å². The van der Waals surface area contributed by atoms with Crippen LogP contribution in [-0.4, -0.2) is 8.42 Å². The highest BCUT2D eigenvalue weighted by atomic mass is 35.5. The number of fused-ring (bicyclic) bond motifs is 1. The first-order valence-corrected chi connectivity index (χ1v) is 9.40. The second-order valence-corrected chi connectivity index (χ2v) is 7.86. The molecule has 3 aromatic carbocycles. The lowest BCUT2D eigenvalue weighted by Crippen LogP contribution is -2.15. The molecule has 0 spiro atoms. The summed E-state index contributed by atoms with van der Waals surface area (Å²) in [6, 6.07) is 11.8. The molecule has 0 aliphatic rings. The summed E-state index contributed by atoms with van der Waals surface area (Å²) in [6.07, 6.45) is -4.63. The monoisotopic (exact) mass is 419 g/mol. The molecule has 0 heterocycles. The molecule has 3 rings (SSSR count). The third kappa shape index (κ3) is 3.60. The maximum Gasteiger partial charge on any atom is 0.416 e. The van der Waals surface area contributed by atoms with E-state index < -0.39 is 21.8 Å². The minimum Gasteiger partial charge on any atom is -0.278 e. The Kier molecular flexibility index (Phi) is 4.81. The topological polar surface area (TPSA) is 46.2 Å². The SMILES string of the molecule is O=S(=O)(Nc1cc(C(F)(F)F)ccc1Cl)c1cccc2cccc(Cl)c12. The first kappa shape index (κ1) is 18.8. The van der Waals surface area contributed by atoms with Crippen LogP contribution in [0.25, 0.3) is 10.8 Å². The van der Waals surface area contributed by atoms with Crippen LogP contribution < -0.4 is 4.72 Å². The average molecular weight is 420 g/mol. The molecule has 0 radical (unpaired) electrons. The van der Waals surface area contributed by atoms with Gasteiger partial charge in [-0.3, -0.25) is 4.72 Å². The lowest BCUT2D eigenvalue weighted by molar-refractivity contribution is -0.137. The molecular formula is C17H10Cl2F3NO2S. The smallest absolute Gasteiger partial charge is 0.278 e. The zero-order valence-electron chi connectivity index (χ0n) is 12.8. The Bertz CT molecular complexity index is 1090. The molecular weight excluding hydrogens is 410 g/mol. The van der Waals surface area contributed by atoms with E-state index in [9.17, 15) is 21.6 Å². The van der Waals surface area contributed by atoms with Crippen molar-refractivity contribution in [3.8, 4) is 0 Å². The lowest BCUT2D eigenvalue weighted by atomic mass is 10.1. The van der Waals surface area contributed by atoms with Gasteiger partial charge in [0, 0.05) is 10.4 Å². The van der Waals surface area contributed by atoms with Crippen molar-refractivity contribution < 1.29 is 21.6 Å². The number of anilines is 1. The number of nitrogens with one attached hydrogen (secondary N) is 1. The van der Waals surface area contributed by atoms with Gasteiger partial charge in [-0.2, -0.15) is 13.2 Å². The quantitative estimate of drug-likeness (QED) is 0.568. The number of rotatable bonds is 3. The van der Waals surface area contributed by atoms with Crippen molar-refractivity contribution >= 4 is 49.7 Å². The van der Waals surface area contributed by atoms with Crippen LogP contribution in [0.3, 0.4) is 0 Å². The van der Waals surface area contributed by atoms with E-state index in [-0.39, 0.29) is 26.0 Å². The second-order valence-electron chi connectivity index (χ2n) is 5.39. The standard InChI is InChI=1S/C17H10Cl2F3NO2S/c18-12-8-7-11(17(20,21)22)9-14(12)23-26(24,25)15-6-2-4-10-3-1-5-13(19)16(10)15/h1-9,23H. The summed E-state index contributed by atoms with van der Waals surface area (Å²) in [5, 5.41) is 0.898. The Balaban J connectivity index is 2.12. The van der Waals surface area contributed by atoms with E-state index in [4.69, 9.17) is 23.2 Å². The largest absolute Gasteiger partial charge is 0.416 e. The maximum absolute atomic E-state index is 12.9. The third-order valence-corrected chi connectivity index (χ3v) is 5.70. The van der Waals surface area contributed by atoms with Crippen LogP contribution in [-0.2, 0) is 16.2 Å². The molecule has 0 atom stereocenters. The van der Waals surface area contributed by atoms with Crippen molar-refractivity contribution in [2.75, 3.05) is 4.72 Å². The van der Waals surface area contributed by atoms with Crippen LogP contribution >= 0.6 is 23.2 Å². The molecule has 26 heavy (non-hydrogen) atoms. The number of hydrogen-bond acceptors (Lipinski definition) is 2. The molecule has 0 bridgehead atoms. The third-order valence-electron chi connectivity index (χ3n) is 3.64. The summed E-state index contributed by atoms with van der Waals surface area (Å²) < 4.78 is 66.3. The normalized spacial score (nSPS) is 12.3. The van der Waals surface area contributed by atoms with Gasteiger partial charge in [-0.25, -0.2) is 8.42 Å². The van der Waals surface area contributed by atoms with Gasteiger partial charge in [-0.1, -0.05) is 47.5 Å². The fourth-order valence-corrected chi connectivity index (χ4v) is 4.35. The van der Waals surface area contributed by atoms with Crippen molar-refractivity contribution in [1.82, 2.24) is 0 Å². The van der Waals surface area contributed by atoms with Crippen molar-refractivity contribution in [2.45, 2.75) is 11.1 Å². The lowest BCUT2D eigenvalue weighted by Gasteiger charge is -2.14. The molecule has 3 nitrogen and oxygen atoms in total. The van der Waals surface area contributed by atoms with Gasteiger partial charge in [0.25, 0.3) is 10.0 Å². The van der Waals surface area contributed by atoms with E-state index in [0.717, 1.165) is 12.1 Å². The molecule has 0 aliphatic heterocycles. The summed E-state index contributed by atoms with van der Waals surface area (Å²) >= 11 is 12.0. The summed E-state index contributed by atoms with van der Waals surface area (Å²) in [7, 11) is -4.23. The van der Waals surface area contributed by atoms with E-state index >= 15 is 0 Å². The van der Waals surface area contributed by atoms with Gasteiger partial charge in [-0.15, -0.1) is 0 Å². The Hall–Kier alpha value is -1.96. The number of sulfonamides is 1. The molecule has 0 saturated carbocycles. The van der Waals surface area contributed by atoms with Crippen LogP contribution in [0.2, 0.25) is 10.0 Å². The molecule has 0 unspecified atom stereocenters. The zero-order chi connectivity index (χ0) is 19.1. The van der Waals surface area contributed by atoms with Crippen LogP contribution in [0, 0.1) is 0 Å². The summed E-state index contributed by atoms with van der Waals surface area (Å²) in [5.41, 5.74) is -1.39. The summed E-state index contributed by atoms with van der Waals surface area (Å²) in [4.78, 5) is -0.158. The van der Waals surface area contributed by atoms with Crippen LogP contribution in [0.1, 0.15) is 5.56 Å². The van der Waals surface area contributed by atoms with Crippen LogP contribution in [0.4, 0.5) is 18.9 Å². The molecule has 0 fully saturated rings. The van der Waals surface area contributed by atoms with Crippen molar-refractivity contribution in [2.24, 2.45) is 0 Å². The minimum atomic E-state index is -4.63. The number of alkyl halides is 3. The van der Waals surface area contributed by atoms with Gasteiger partial charge in [-0.05, 0) is 35.7 Å². The molecule has 3 aromatic rings. The average Bonchev–Trinajstić information content (AvgIpc) is 2.55. The predicted molar refractivity (Wildman–Crippen MR) is 96.2 cm³/mol. The van der Waals surface area contributed by atoms with Crippen molar-refractivity contribution in [3.05, 3.63) is 70.2 Å². The maximum atomic E-state index is 12.9. The predicted octanol–water partition coefficient (Wildman–Crippen LogP) is 5.97. The Morgan fingerprint density at radius 3 is 2.19 bits per heavy atom. The van der Waals surface area contributed by atoms with Gasteiger partial charge in [0.15, 0.2) is 0 Å². The van der Waals surface area contributed by atoms with Crippen LogP contribution in [0.5, 0.6) is 0 Å². The fraction of sp³-hybridized carbons (Fsp3) is 0.0588. The molecule has 9 heteroatoms. The fourth-order valence-electron chi connectivity index (χ4n) is 2.47. The number of hydrogen-bond donors (Lipinski definition) is 1. The Morgan fingerprint density at radius 2 is 1.54 bits per heavy atom. The van der Waals surface area contributed by atoms with Crippen molar-refractivity contribution in [1.29, 1.82) is 0 Å². The number of benzene rings is 3. The molecule has 0 amide bonds. The molecule has 0 aromatic heterocycles. The highest BCUT2D eigenvalue weighted by molar-refractivity contribution is 7.93. The molecule has 136 valence electrons. The minimum absolute atomic E-state index is 0.158. The molecule has 1 N–H and O–H groups in total. The van der Waals surface area contributed by atoms with E-state index in [1.165, 1.54) is 18.2 Å².